The molecule has 132 valence electrons. The van der Waals surface area contributed by atoms with E-state index in [1.165, 1.54) is 6.20 Å². The van der Waals surface area contributed by atoms with Crippen LogP contribution in [0.4, 0.5) is 17.3 Å². The van der Waals surface area contributed by atoms with Crippen LogP contribution in [0.2, 0.25) is 10.0 Å². The highest BCUT2D eigenvalue weighted by Crippen LogP contribution is 2.27. The van der Waals surface area contributed by atoms with Gasteiger partial charge in [0.2, 0.25) is 5.95 Å². The summed E-state index contributed by atoms with van der Waals surface area (Å²) in [5.41, 5.74) is 3.77. The number of hydrogen-bond acceptors (Lipinski definition) is 4. The number of benzene rings is 2. The Morgan fingerprint density at radius 1 is 1.00 bits per heavy atom. The van der Waals surface area contributed by atoms with Crippen LogP contribution in [0.5, 0.6) is 0 Å². The van der Waals surface area contributed by atoms with E-state index < -0.39 is 0 Å². The van der Waals surface area contributed by atoms with Crippen LogP contribution >= 0.6 is 23.2 Å². The zero-order chi connectivity index (χ0) is 18.7. The minimum atomic E-state index is -0.323. The van der Waals surface area contributed by atoms with Gasteiger partial charge in [0, 0.05) is 16.9 Å². The highest BCUT2D eigenvalue weighted by Gasteiger charge is 2.11. The summed E-state index contributed by atoms with van der Waals surface area (Å²) >= 11 is 12.1. The summed E-state index contributed by atoms with van der Waals surface area (Å²) in [7, 11) is 0. The predicted molar refractivity (Wildman–Crippen MR) is 106 cm³/mol. The van der Waals surface area contributed by atoms with E-state index in [0.29, 0.717) is 21.4 Å². The molecule has 1 aromatic heterocycles. The first-order valence-corrected chi connectivity index (χ1v) is 8.62. The van der Waals surface area contributed by atoms with Gasteiger partial charge >= 0.3 is 0 Å². The molecule has 0 aliphatic carbocycles. The molecule has 0 fully saturated rings. The van der Waals surface area contributed by atoms with Crippen LogP contribution in [0.25, 0.3) is 0 Å². The maximum Gasteiger partial charge on any atom is 0.274 e. The van der Waals surface area contributed by atoms with Gasteiger partial charge in [-0.15, -0.1) is 0 Å². The number of rotatable bonds is 4. The second kappa shape index (κ2) is 7.72. The second-order valence-corrected chi connectivity index (χ2v) is 6.61. The molecule has 3 aromatic rings. The number of hydrogen-bond donors (Lipinski definition) is 2. The Morgan fingerprint density at radius 2 is 1.81 bits per heavy atom. The summed E-state index contributed by atoms with van der Waals surface area (Å²) in [4.78, 5) is 20.8. The molecule has 1 heterocycles. The van der Waals surface area contributed by atoms with E-state index in [1.54, 1.807) is 24.3 Å². The van der Waals surface area contributed by atoms with Crippen molar-refractivity contribution < 1.29 is 4.79 Å². The van der Waals surface area contributed by atoms with Crippen molar-refractivity contribution in [1.82, 2.24) is 9.97 Å². The summed E-state index contributed by atoms with van der Waals surface area (Å²) in [5, 5.41) is 6.81. The summed E-state index contributed by atoms with van der Waals surface area (Å²) in [6.07, 6.45) is 1.50. The molecule has 5 nitrogen and oxygen atoms in total. The summed E-state index contributed by atoms with van der Waals surface area (Å²) in [6.45, 7) is 4.01. The van der Waals surface area contributed by atoms with Crippen molar-refractivity contribution in [1.29, 1.82) is 0 Å². The molecule has 0 radical (unpaired) electrons. The summed E-state index contributed by atoms with van der Waals surface area (Å²) in [6, 6.07) is 12.3. The first-order valence-electron chi connectivity index (χ1n) is 7.86. The Kier molecular flexibility index (Phi) is 5.40. The molecular weight excluding hydrogens is 371 g/mol. The number of aromatic nitrogens is 2. The average molecular weight is 387 g/mol. The first kappa shape index (κ1) is 18.2. The Hall–Kier alpha value is -2.63. The molecule has 2 aromatic carbocycles. The number of amides is 1. The van der Waals surface area contributed by atoms with Gasteiger partial charge in [-0.2, -0.15) is 0 Å². The van der Waals surface area contributed by atoms with E-state index in [-0.39, 0.29) is 17.5 Å². The Morgan fingerprint density at radius 3 is 2.58 bits per heavy atom. The molecule has 26 heavy (non-hydrogen) atoms. The zero-order valence-corrected chi connectivity index (χ0v) is 15.7. The fourth-order valence-electron chi connectivity index (χ4n) is 2.27. The highest BCUT2D eigenvalue weighted by atomic mass is 35.5. The van der Waals surface area contributed by atoms with Gasteiger partial charge in [-0.25, -0.2) is 9.97 Å². The van der Waals surface area contributed by atoms with Gasteiger partial charge < -0.3 is 10.6 Å². The van der Waals surface area contributed by atoms with E-state index in [9.17, 15) is 4.79 Å². The smallest absolute Gasteiger partial charge is 0.274 e. The van der Waals surface area contributed by atoms with Gasteiger partial charge in [0.1, 0.15) is 5.69 Å². The van der Waals surface area contributed by atoms with Crippen molar-refractivity contribution in [3.05, 3.63) is 75.5 Å². The maximum absolute atomic E-state index is 12.5. The molecule has 0 saturated carbocycles. The van der Waals surface area contributed by atoms with Gasteiger partial charge in [-0.3, -0.25) is 4.79 Å². The molecule has 0 saturated heterocycles. The third-order valence-corrected chi connectivity index (χ3v) is 4.39. The van der Waals surface area contributed by atoms with Crippen LogP contribution in [-0.2, 0) is 0 Å². The SMILES string of the molecule is Cc1ccc(NC(=O)c2ccnc(Nc3cc(Cl)ccc3Cl)n2)cc1C. The van der Waals surface area contributed by atoms with E-state index in [4.69, 9.17) is 23.2 Å². The molecule has 7 heteroatoms. The van der Waals surface area contributed by atoms with E-state index in [2.05, 4.69) is 20.6 Å². The summed E-state index contributed by atoms with van der Waals surface area (Å²) in [5.74, 6) is -0.0715. The van der Waals surface area contributed by atoms with Crippen molar-refractivity contribution in [2.45, 2.75) is 13.8 Å². The molecule has 0 bridgehead atoms. The van der Waals surface area contributed by atoms with Crippen molar-refractivity contribution in [2.24, 2.45) is 0 Å². The number of aryl methyl sites for hydroxylation is 2. The quantitative estimate of drug-likeness (QED) is 0.629. The minimum absolute atomic E-state index is 0.235. The molecular formula is C19H16Cl2N4O. The van der Waals surface area contributed by atoms with Crippen LogP contribution in [0.15, 0.2) is 48.7 Å². The Labute approximate surface area is 161 Å². The third kappa shape index (κ3) is 4.31. The maximum atomic E-state index is 12.5. The fraction of sp³-hybridized carbons (Fsp3) is 0.105. The molecule has 0 aliphatic rings. The summed E-state index contributed by atoms with van der Waals surface area (Å²) < 4.78 is 0. The molecule has 0 aliphatic heterocycles. The molecule has 0 spiro atoms. The number of nitrogens with zero attached hydrogens (tertiary/aromatic N) is 2. The van der Waals surface area contributed by atoms with Crippen molar-refractivity contribution in [3.63, 3.8) is 0 Å². The van der Waals surface area contributed by atoms with Crippen molar-refractivity contribution in [3.8, 4) is 0 Å². The van der Waals surface area contributed by atoms with E-state index in [0.717, 1.165) is 11.1 Å². The van der Waals surface area contributed by atoms with Gasteiger partial charge in [0.25, 0.3) is 5.91 Å². The predicted octanol–water partition coefficient (Wildman–Crippen LogP) is 5.40. The van der Waals surface area contributed by atoms with Crippen LogP contribution in [0, 0.1) is 13.8 Å². The molecule has 0 unspecified atom stereocenters. The van der Waals surface area contributed by atoms with Crippen LogP contribution in [-0.4, -0.2) is 15.9 Å². The molecule has 1 amide bonds. The standard InChI is InChI=1S/C19H16Cl2N4O/c1-11-3-5-14(9-12(11)2)23-18(26)16-7-8-22-19(24-16)25-17-10-13(20)4-6-15(17)21/h3-10H,1-2H3,(H,23,26)(H,22,24,25). The van der Waals surface area contributed by atoms with Crippen LogP contribution in [0.3, 0.4) is 0 Å². The monoisotopic (exact) mass is 386 g/mol. The van der Waals surface area contributed by atoms with E-state index in [1.807, 2.05) is 32.0 Å². The van der Waals surface area contributed by atoms with Gasteiger partial charge in [-0.05, 0) is 61.4 Å². The zero-order valence-electron chi connectivity index (χ0n) is 14.2. The van der Waals surface area contributed by atoms with Crippen molar-refractivity contribution >= 4 is 46.4 Å². The van der Waals surface area contributed by atoms with Crippen LogP contribution in [0.1, 0.15) is 21.6 Å². The van der Waals surface area contributed by atoms with Gasteiger partial charge in [-0.1, -0.05) is 29.3 Å². The van der Waals surface area contributed by atoms with Crippen LogP contribution < -0.4 is 10.6 Å². The number of anilines is 3. The lowest BCUT2D eigenvalue weighted by molar-refractivity contribution is 0.102. The largest absolute Gasteiger partial charge is 0.323 e. The Bertz CT molecular complexity index is 976. The first-order chi connectivity index (χ1) is 12.4. The fourth-order valence-corrected chi connectivity index (χ4v) is 2.61. The number of halogens is 2. The average Bonchev–Trinajstić information content (AvgIpc) is 2.61. The van der Waals surface area contributed by atoms with Crippen molar-refractivity contribution in [2.75, 3.05) is 10.6 Å². The number of carbonyl (C=O) groups is 1. The topological polar surface area (TPSA) is 66.9 Å². The number of nitrogens with one attached hydrogen (secondary N) is 2. The molecule has 0 atom stereocenters. The lowest BCUT2D eigenvalue weighted by atomic mass is 10.1. The number of carbonyl (C=O) groups excluding carboxylic acids is 1. The molecule has 3 rings (SSSR count). The lowest BCUT2D eigenvalue weighted by Crippen LogP contribution is -2.15. The van der Waals surface area contributed by atoms with Gasteiger partial charge in [0.05, 0.1) is 10.7 Å². The Balaban J connectivity index is 1.78. The van der Waals surface area contributed by atoms with Gasteiger partial charge in [0.15, 0.2) is 0 Å². The highest BCUT2D eigenvalue weighted by molar-refractivity contribution is 6.35. The lowest BCUT2D eigenvalue weighted by Gasteiger charge is -2.10. The van der Waals surface area contributed by atoms with E-state index >= 15 is 0 Å². The molecule has 2 N–H and O–H groups in total. The normalized spacial score (nSPS) is 10.5. The third-order valence-electron chi connectivity index (χ3n) is 3.83. The second-order valence-electron chi connectivity index (χ2n) is 5.77. The minimum Gasteiger partial charge on any atom is -0.323 e.